The minimum Gasteiger partial charge on any atom is -0.232 e. The highest BCUT2D eigenvalue weighted by Gasteiger charge is 2.07. The summed E-state index contributed by atoms with van der Waals surface area (Å²) in [4.78, 5) is 14.5. The maximum absolute atomic E-state index is 4.57. The van der Waals surface area contributed by atoms with Gasteiger partial charge in [-0.15, -0.1) is 0 Å². The molecule has 0 atom stereocenters. The number of thiazole rings is 1. The van der Waals surface area contributed by atoms with Gasteiger partial charge in [-0.05, 0) is 25.0 Å². The summed E-state index contributed by atoms with van der Waals surface area (Å²) in [7, 11) is 0. The molecule has 0 aliphatic heterocycles. The van der Waals surface area contributed by atoms with Gasteiger partial charge in [-0.2, -0.15) is 0 Å². The van der Waals surface area contributed by atoms with Crippen LogP contribution in [-0.4, -0.2) is 15.0 Å². The Balaban J connectivity index is 2.25. The van der Waals surface area contributed by atoms with Gasteiger partial charge < -0.3 is 0 Å². The van der Waals surface area contributed by atoms with Crippen molar-refractivity contribution in [1.82, 2.24) is 15.0 Å². The smallest absolute Gasteiger partial charge is 0.190 e. The SMILES string of the molecule is CCCc1nc2nc3ccccc3nc2s1. The Morgan fingerprint density at radius 3 is 2.56 bits per heavy atom. The number of benzene rings is 1. The highest BCUT2D eigenvalue weighted by atomic mass is 32.1. The molecule has 0 N–H and O–H groups in total. The van der Waals surface area contributed by atoms with E-state index in [0.717, 1.165) is 39.4 Å². The minimum absolute atomic E-state index is 0.784. The van der Waals surface area contributed by atoms with Crippen LogP contribution in [0.1, 0.15) is 18.4 Å². The first-order valence-corrected chi connectivity index (χ1v) is 6.20. The van der Waals surface area contributed by atoms with Gasteiger partial charge in [0.05, 0.1) is 16.0 Å². The molecule has 0 unspecified atom stereocenters. The van der Waals surface area contributed by atoms with Gasteiger partial charge in [0, 0.05) is 0 Å². The van der Waals surface area contributed by atoms with Crippen LogP contribution in [0.25, 0.3) is 21.5 Å². The third kappa shape index (κ3) is 1.55. The second-order valence-electron chi connectivity index (χ2n) is 3.70. The standard InChI is InChI=1S/C12H11N3S/c1-2-5-10-15-11-12(16-10)14-9-7-4-3-6-8(9)13-11/h3-4,6-7H,2,5H2,1H3. The van der Waals surface area contributed by atoms with Crippen LogP contribution in [0, 0.1) is 0 Å². The quantitative estimate of drug-likeness (QED) is 0.677. The zero-order chi connectivity index (χ0) is 11.0. The number of nitrogens with zero attached hydrogens (tertiary/aromatic N) is 3. The molecule has 3 aromatic rings. The summed E-state index contributed by atoms with van der Waals surface area (Å²) in [5.41, 5.74) is 2.65. The first-order chi connectivity index (χ1) is 7.86. The van der Waals surface area contributed by atoms with Crippen LogP contribution in [-0.2, 0) is 6.42 Å². The van der Waals surface area contributed by atoms with Crippen molar-refractivity contribution in [3.8, 4) is 0 Å². The Labute approximate surface area is 97.2 Å². The molecule has 0 bridgehead atoms. The van der Waals surface area contributed by atoms with Gasteiger partial charge in [0.2, 0.25) is 0 Å². The van der Waals surface area contributed by atoms with Crippen LogP contribution in [0.5, 0.6) is 0 Å². The largest absolute Gasteiger partial charge is 0.232 e. The normalized spacial score (nSPS) is 11.3. The Morgan fingerprint density at radius 1 is 1.06 bits per heavy atom. The molecule has 0 fully saturated rings. The second-order valence-corrected chi connectivity index (χ2v) is 4.76. The molecule has 2 aromatic heterocycles. The molecule has 0 aliphatic rings. The summed E-state index contributed by atoms with van der Waals surface area (Å²) in [5.74, 6) is 0. The summed E-state index contributed by atoms with van der Waals surface area (Å²) in [6, 6.07) is 7.92. The van der Waals surface area contributed by atoms with Crippen LogP contribution in [0.15, 0.2) is 24.3 Å². The van der Waals surface area contributed by atoms with Crippen molar-refractivity contribution in [3.05, 3.63) is 29.3 Å². The van der Waals surface area contributed by atoms with Gasteiger partial charge in [-0.1, -0.05) is 30.4 Å². The van der Waals surface area contributed by atoms with E-state index >= 15 is 0 Å². The summed E-state index contributed by atoms with van der Waals surface area (Å²) >= 11 is 1.65. The molecule has 3 rings (SSSR count). The Morgan fingerprint density at radius 2 is 1.81 bits per heavy atom. The number of fused-ring (bicyclic) bond motifs is 2. The molecular weight excluding hydrogens is 218 g/mol. The molecule has 0 spiro atoms. The zero-order valence-corrected chi connectivity index (χ0v) is 9.79. The Kier molecular flexibility index (Phi) is 2.29. The lowest BCUT2D eigenvalue weighted by molar-refractivity contribution is 0.911. The predicted molar refractivity (Wildman–Crippen MR) is 66.7 cm³/mol. The highest BCUT2D eigenvalue weighted by Crippen LogP contribution is 2.22. The third-order valence-electron chi connectivity index (χ3n) is 2.43. The van der Waals surface area contributed by atoms with E-state index < -0.39 is 0 Å². The fourth-order valence-electron chi connectivity index (χ4n) is 1.69. The molecule has 0 saturated carbocycles. The van der Waals surface area contributed by atoms with E-state index in [2.05, 4.69) is 21.9 Å². The number of para-hydroxylation sites is 2. The second kappa shape index (κ2) is 3.79. The minimum atomic E-state index is 0.784. The zero-order valence-electron chi connectivity index (χ0n) is 8.97. The third-order valence-corrected chi connectivity index (χ3v) is 3.43. The molecule has 16 heavy (non-hydrogen) atoms. The molecule has 2 heterocycles. The van der Waals surface area contributed by atoms with Crippen molar-refractivity contribution in [2.24, 2.45) is 0 Å². The summed E-state index contributed by atoms with van der Waals surface area (Å²) in [6.45, 7) is 2.16. The van der Waals surface area contributed by atoms with Crippen LogP contribution >= 0.6 is 11.3 Å². The Hall–Kier alpha value is -1.55. The average molecular weight is 229 g/mol. The molecule has 0 aliphatic carbocycles. The fraction of sp³-hybridized carbons (Fsp3) is 0.250. The number of hydrogen-bond donors (Lipinski definition) is 0. The maximum atomic E-state index is 4.57. The lowest BCUT2D eigenvalue weighted by Gasteiger charge is -1.93. The van der Waals surface area contributed by atoms with E-state index in [-0.39, 0.29) is 0 Å². The van der Waals surface area contributed by atoms with E-state index in [1.807, 2.05) is 24.3 Å². The van der Waals surface area contributed by atoms with Crippen molar-refractivity contribution in [2.75, 3.05) is 0 Å². The fourth-order valence-corrected chi connectivity index (χ4v) is 2.68. The topological polar surface area (TPSA) is 38.7 Å². The molecule has 80 valence electrons. The van der Waals surface area contributed by atoms with Crippen LogP contribution in [0.2, 0.25) is 0 Å². The van der Waals surface area contributed by atoms with Crippen LogP contribution < -0.4 is 0 Å². The van der Waals surface area contributed by atoms with E-state index in [9.17, 15) is 0 Å². The molecule has 0 saturated heterocycles. The molecule has 0 amide bonds. The monoisotopic (exact) mass is 229 g/mol. The van der Waals surface area contributed by atoms with Crippen LogP contribution in [0.4, 0.5) is 0 Å². The molecule has 3 nitrogen and oxygen atoms in total. The molecule has 0 radical (unpaired) electrons. The number of aryl methyl sites for hydroxylation is 1. The molecular formula is C12H11N3S. The average Bonchev–Trinajstić information content (AvgIpc) is 2.67. The van der Waals surface area contributed by atoms with Gasteiger partial charge in [-0.25, -0.2) is 15.0 Å². The predicted octanol–water partition coefficient (Wildman–Crippen LogP) is 3.19. The van der Waals surface area contributed by atoms with Crippen molar-refractivity contribution < 1.29 is 0 Å². The molecule has 1 aromatic carbocycles. The van der Waals surface area contributed by atoms with Gasteiger partial charge >= 0.3 is 0 Å². The highest BCUT2D eigenvalue weighted by molar-refractivity contribution is 7.18. The van der Waals surface area contributed by atoms with Gasteiger partial charge in [0.15, 0.2) is 10.5 Å². The van der Waals surface area contributed by atoms with Crippen molar-refractivity contribution in [3.63, 3.8) is 0 Å². The lowest BCUT2D eigenvalue weighted by Crippen LogP contribution is -1.84. The first kappa shape index (κ1) is 9.66. The number of aromatic nitrogens is 3. The Bertz CT molecular complexity index is 592. The van der Waals surface area contributed by atoms with E-state index in [4.69, 9.17) is 0 Å². The van der Waals surface area contributed by atoms with E-state index in [1.54, 1.807) is 11.3 Å². The van der Waals surface area contributed by atoms with Crippen LogP contribution in [0.3, 0.4) is 0 Å². The van der Waals surface area contributed by atoms with E-state index in [1.165, 1.54) is 0 Å². The van der Waals surface area contributed by atoms with Gasteiger partial charge in [0.25, 0.3) is 0 Å². The maximum Gasteiger partial charge on any atom is 0.190 e. The van der Waals surface area contributed by atoms with E-state index in [0.29, 0.717) is 0 Å². The summed E-state index contributed by atoms with van der Waals surface area (Å²) < 4.78 is 0. The number of rotatable bonds is 2. The summed E-state index contributed by atoms with van der Waals surface area (Å²) in [5, 5.41) is 1.13. The van der Waals surface area contributed by atoms with Crippen molar-refractivity contribution in [2.45, 2.75) is 19.8 Å². The number of hydrogen-bond acceptors (Lipinski definition) is 4. The lowest BCUT2D eigenvalue weighted by atomic mass is 10.3. The molecule has 4 heteroatoms. The van der Waals surface area contributed by atoms with Crippen molar-refractivity contribution in [1.29, 1.82) is 0 Å². The first-order valence-electron chi connectivity index (χ1n) is 5.39. The van der Waals surface area contributed by atoms with Gasteiger partial charge in [-0.3, -0.25) is 0 Å². The summed E-state index contributed by atoms with van der Waals surface area (Å²) in [6.07, 6.45) is 2.12. The van der Waals surface area contributed by atoms with Gasteiger partial charge in [0.1, 0.15) is 0 Å². The van der Waals surface area contributed by atoms with Crippen molar-refractivity contribution >= 4 is 32.8 Å².